The van der Waals surface area contributed by atoms with E-state index in [0.717, 1.165) is 19.3 Å². The lowest BCUT2D eigenvalue weighted by Crippen LogP contribution is -2.39. The predicted octanol–water partition coefficient (Wildman–Crippen LogP) is 5.47. The van der Waals surface area contributed by atoms with Crippen molar-refractivity contribution in [3.63, 3.8) is 0 Å². The van der Waals surface area contributed by atoms with E-state index in [4.69, 9.17) is 20.9 Å². The minimum atomic E-state index is -2.51. The molecule has 1 saturated heterocycles. The van der Waals surface area contributed by atoms with Crippen LogP contribution in [0, 0.1) is 16.0 Å². The third-order valence-electron chi connectivity index (χ3n) is 4.71. The van der Waals surface area contributed by atoms with Crippen molar-refractivity contribution < 1.29 is 14.0 Å². The first-order valence-electron chi connectivity index (χ1n) is 7.79. The summed E-state index contributed by atoms with van der Waals surface area (Å²) < 4.78 is 12.2. The number of fused-ring (bicyclic) bond motifs is 1. The second kappa shape index (κ2) is 6.45. The Morgan fingerprint density at radius 1 is 1.54 bits per heavy atom. The Morgan fingerprint density at radius 2 is 2.21 bits per heavy atom. The van der Waals surface area contributed by atoms with E-state index < -0.39 is 10.6 Å². The molecule has 2 fully saturated rings. The highest BCUT2D eigenvalue weighted by atomic mass is 32.9. The Bertz CT molecular complexity index is 723. The number of non-ortho nitro benzene ring substituents is 1. The smallest absolute Gasteiger partial charge is 0.298 e. The average Bonchev–Trinajstić information content (AvgIpc) is 2.76. The summed E-state index contributed by atoms with van der Waals surface area (Å²) in [4.78, 5) is 10.3. The molecule has 2 aliphatic rings. The second-order valence-corrected chi connectivity index (χ2v) is 13.1. The van der Waals surface area contributed by atoms with Gasteiger partial charge in [0.25, 0.3) is 11.4 Å². The summed E-state index contributed by atoms with van der Waals surface area (Å²) in [5, 5.41) is 10.7. The fraction of sp³-hybridized carbons (Fsp3) is 0.500. The van der Waals surface area contributed by atoms with Crippen LogP contribution in [0.5, 0.6) is 5.75 Å². The van der Waals surface area contributed by atoms with Gasteiger partial charge in [-0.3, -0.25) is 10.1 Å². The van der Waals surface area contributed by atoms with Crippen LogP contribution in [0.25, 0.3) is 0 Å². The lowest BCUT2D eigenvalue weighted by Gasteiger charge is -2.37. The minimum Gasteiger partial charge on any atom is -0.436 e. The van der Waals surface area contributed by atoms with Crippen LogP contribution in [0.4, 0.5) is 5.69 Å². The summed E-state index contributed by atoms with van der Waals surface area (Å²) in [6, 6.07) is 6.00. The molecule has 3 rings (SSSR count). The van der Waals surface area contributed by atoms with Crippen LogP contribution in [0.2, 0.25) is 0 Å². The van der Waals surface area contributed by atoms with Crippen LogP contribution < -0.4 is 4.52 Å². The van der Waals surface area contributed by atoms with Crippen LogP contribution in [-0.2, 0) is 16.3 Å². The van der Waals surface area contributed by atoms with Gasteiger partial charge in [-0.2, -0.15) is 0 Å². The summed E-state index contributed by atoms with van der Waals surface area (Å²) >= 11 is 7.33. The molecule has 0 amide bonds. The summed E-state index contributed by atoms with van der Waals surface area (Å²) in [6.45, 7) is 8.34. The molecule has 130 valence electrons. The van der Waals surface area contributed by atoms with E-state index in [0.29, 0.717) is 11.7 Å². The van der Waals surface area contributed by atoms with Gasteiger partial charge in [-0.15, -0.1) is 0 Å². The quantitative estimate of drug-likeness (QED) is 0.297. The zero-order valence-electron chi connectivity index (χ0n) is 13.6. The summed E-state index contributed by atoms with van der Waals surface area (Å²) in [6.07, 6.45) is 3.13. The number of hydrogen-bond donors (Lipinski definition) is 0. The highest BCUT2D eigenvalue weighted by Gasteiger charge is 2.53. The average molecular weight is 385 g/mol. The number of nitrogens with zero attached hydrogens (tertiary/aromatic N) is 1. The normalized spacial score (nSPS) is 35.2. The molecule has 1 aromatic rings. The van der Waals surface area contributed by atoms with Crippen molar-refractivity contribution in [1.29, 1.82) is 0 Å². The zero-order chi connectivity index (χ0) is 17.5. The maximum atomic E-state index is 10.7. The third-order valence-corrected chi connectivity index (χ3v) is 10.3. The molecule has 0 spiro atoms. The van der Waals surface area contributed by atoms with Crippen LogP contribution in [0.3, 0.4) is 0 Å². The molecule has 0 unspecified atom stereocenters. The van der Waals surface area contributed by atoms with E-state index in [2.05, 4.69) is 20.4 Å². The fourth-order valence-corrected chi connectivity index (χ4v) is 10.4. The van der Waals surface area contributed by atoms with E-state index in [-0.39, 0.29) is 16.5 Å². The fourth-order valence-electron chi connectivity index (χ4n) is 3.18. The van der Waals surface area contributed by atoms with Crippen LogP contribution >= 0.6 is 17.1 Å². The van der Waals surface area contributed by atoms with Gasteiger partial charge in [0.2, 0.25) is 0 Å². The van der Waals surface area contributed by atoms with Crippen molar-refractivity contribution >= 4 is 34.6 Å². The lowest BCUT2D eigenvalue weighted by atomic mass is 9.77. The zero-order valence-corrected chi connectivity index (χ0v) is 16.2. The molecular formula is C16H20NO4PS2. The topological polar surface area (TPSA) is 61.6 Å². The minimum absolute atomic E-state index is 0.0255. The van der Waals surface area contributed by atoms with Gasteiger partial charge in [-0.1, -0.05) is 12.2 Å². The van der Waals surface area contributed by atoms with E-state index in [9.17, 15) is 10.1 Å². The molecule has 1 aliphatic carbocycles. The van der Waals surface area contributed by atoms with Crippen LogP contribution in [-0.4, -0.2) is 15.8 Å². The van der Waals surface area contributed by atoms with Gasteiger partial charge in [0, 0.05) is 12.1 Å². The van der Waals surface area contributed by atoms with Gasteiger partial charge in [0.15, 0.2) is 0 Å². The summed E-state index contributed by atoms with van der Waals surface area (Å²) in [5.41, 5.74) is -1.28. The molecule has 5 nitrogen and oxygen atoms in total. The van der Waals surface area contributed by atoms with Crippen molar-refractivity contribution in [1.82, 2.24) is 0 Å². The van der Waals surface area contributed by atoms with Crippen LogP contribution in [0.15, 0.2) is 36.4 Å². The van der Waals surface area contributed by atoms with Crippen LogP contribution in [0.1, 0.15) is 33.1 Å². The third kappa shape index (κ3) is 3.54. The van der Waals surface area contributed by atoms with Gasteiger partial charge in [0.1, 0.15) is 5.75 Å². The largest absolute Gasteiger partial charge is 0.436 e. The Labute approximate surface area is 150 Å². The van der Waals surface area contributed by atoms with E-state index in [1.807, 2.05) is 0 Å². The molecule has 24 heavy (non-hydrogen) atoms. The molecule has 1 saturated carbocycles. The second-order valence-electron chi connectivity index (χ2n) is 6.61. The van der Waals surface area contributed by atoms with E-state index in [1.165, 1.54) is 17.7 Å². The van der Waals surface area contributed by atoms with Crippen molar-refractivity contribution in [2.75, 3.05) is 0 Å². The summed E-state index contributed by atoms with van der Waals surface area (Å²) in [5.74, 6) is 1.000. The number of hydrogen-bond acceptors (Lipinski definition) is 6. The van der Waals surface area contributed by atoms with Crippen molar-refractivity contribution in [2.24, 2.45) is 5.92 Å². The first kappa shape index (κ1) is 17.9. The Morgan fingerprint density at radius 3 is 2.79 bits per heavy atom. The summed E-state index contributed by atoms with van der Waals surface area (Å²) in [7, 11) is 0. The maximum Gasteiger partial charge on any atom is 0.298 e. The van der Waals surface area contributed by atoms with Crippen molar-refractivity contribution in [3.8, 4) is 5.75 Å². The maximum absolute atomic E-state index is 10.7. The van der Waals surface area contributed by atoms with Crippen molar-refractivity contribution in [2.45, 2.75) is 44.0 Å². The lowest BCUT2D eigenvalue weighted by molar-refractivity contribution is -0.384. The van der Waals surface area contributed by atoms with Gasteiger partial charge in [-0.05, 0) is 74.3 Å². The van der Waals surface area contributed by atoms with Crippen molar-refractivity contribution in [3.05, 3.63) is 46.5 Å². The number of rotatable bonds is 4. The molecular weight excluding hydrogens is 365 g/mol. The molecule has 8 heteroatoms. The SMILES string of the molecule is C=C(C)[C@@H]1CC[C@]2(C)S[P@](=S)(Oc3ccc([N+](=O)[O-])cc3)O[C@@H]2C1. The first-order chi connectivity index (χ1) is 11.2. The molecule has 0 N–H and O–H groups in total. The Hall–Kier alpha value is -0.880. The Kier molecular flexibility index (Phi) is 4.82. The number of benzene rings is 1. The molecule has 4 atom stereocenters. The molecule has 0 radical (unpaired) electrons. The van der Waals surface area contributed by atoms with Gasteiger partial charge < -0.3 is 9.05 Å². The number of nitro groups is 1. The molecule has 0 bridgehead atoms. The van der Waals surface area contributed by atoms with Gasteiger partial charge in [-0.25, -0.2) is 0 Å². The highest BCUT2D eigenvalue weighted by molar-refractivity contribution is 8.68. The standard InChI is InChI=1S/C16H20NO4PS2/c1-11(2)12-8-9-16(3)15(10-12)21-22(23,24-16)20-14-6-4-13(5-7-14)17(18)19/h4-7,12,15H,1,8-10H2,2-3H3/t12-,15-,16+,22-/m1/s1. The first-order valence-corrected chi connectivity index (χ1v) is 11.9. The predicted molar refractivity (Wildman–Crippen MR) is 101 cm³/mol. The van der Waals surface area contributed by atoms with Gasteiger partial charge in [0.05, 0.1) is 15.8 Å². The molecule has 1 aliphatic heterocycles. The van der Waals surface area contributed by atoms with E-state index in [1.54, 1.807) is 23.5 Å². The highest BCUT2D eigenvalue weighted by Crippen LogP contribution is 2.74. The molecule has 1 aromatic carbocycles. The molecule has 0 aromatic heterocycles. The van der Waals surface area contributed by atoms with Gasteiger partial charge >= 0.3 is 0 Å². The molecule has 1 heterocycles. The number of allylic oxidation sites excluding steroid dienone is 1. The number of nitro benzene ring substituents is 1. The van der Waals surface area contributed by atoms with E-state index >= 15 is 0 Å². The monoisotopic (exact) mass is 385 g/mol. The Balaban J connectivity index is 1.74.